The molecule has 1 amide bonds. The normalized spacial score (nSPS) is 29.0. The molecule has 1 saturated carbocycles. The second kappa shape index (κ2) is 5.38. The van der Waals surface area contributed by atoms with Gasteiger partial charge in [0.15, 0.2) is 0 Å². The minimum absolute atomic E-state index is 0. The van der Waals surface area contributed by atoms with Crippen LogP contribution in [0.4, 0.5) is 13.2 Å². The van der Waals surface area contributed by atoms with Gasteiger partial charge in [0.25, 0.3) is 5.91 Å². The first-order chi connectivity index (χ1) is 10.4. The Labute approximate surface area is 138 Å². The number of fused-ring (bicyclic) bond motifs is 3. The molecule has 7 heteroatoms. The first-order valence-electron chi connectivity index (χ1n) is 7.64. The summed E-state index contributed by atoms with van der Waals surface area (Å²) in [6.45, 7) is 3.67. The van der Waals surface area contributed by atoms with E-state index in [2.05, 4.69) is 5.32 Å². The number of benzene rings is 1. The average Bonchev–Trinajstić information content (AvgIpc) is 3.14. The summed E-state index contributed by atoms with van der Waals surface area (Å²) >= 11 is 0. The van der Waals surface area contributed by atoms with E-state index in [9.17, 15) is 18.0 Å². The predicted octanol–water partition coefficient (Wildman–Crippen LogP) is 3.35. The number of rotatable bonds is 1. The molecule has 1 saturated heterocycles. The average molecular weight is 347 g/mol. The summed E-state index contributed by atoms with van der Waals surface area (Å²) < 4.78 is 40.4. The number of hydrogen-bond donors (Lipinski definition) is 1. The van der Waals surface area contributed by atoms with Crippen LogP contribution in [0.5, 0.6) is 0 Å². The molecule has 2 heterocycles. The molecule has 1 aromatic rings. The zero-order valence-electron chi connectivity index (χ0n) is 12.6. The molecule has 3 aliphatic rings. The molecule has 23 heavy (non-hydrogen) atoms. The maximum Gasteiger partial charge on any atom is 0.417 e. The van der Waals surface area contributed by atoms with Crippen molar-refractivity contribution >= 4 is 18.3 Å². The Kier molecular flexibility index (Phi) is 3.88. The number of carbonyl (C=O) groups is 1. The van der Waals surface area contributed by atoms with Gasteiger partial charge in [0.05, 0.1) is 17.2 Å². The molecule has 3 atom stereocenters. The summed E-state index contributed by atoms with van der Waals surface area (Å²) in [5.41, 5.74) is 0.414. The number of carbonyl (C=O) groups excluding carboxylic acids is 1. The molecule has 2 aliphatic heterocycles. The molecule has 126 valence electrons. The molecular formula is C16H18ClF3N2O. The fourth-order valence-electron chi connectivity index (χ4n) is 3.78. The molecule has 1 aliphatic carbocycles. The summed E-state index contributed by atoms with van der Waals surface area (Å²) in [5, 5.41) is 3.17. The highest BCUT2D eigenvalue weighted by Crippen LogP contribution is 2.51. The van der Waals surface area contributed by atoms with Crippen LogP contribution in [0.2, 0.25) is 0 Å². The van der Waals surface area contributed by atoms with Crippen molar-refractivity contribution in [1.29, 1.82) is 0 Å². The highest BCUT2D eigenvalue weighted by Gasteiger charge is 2.47. The van der Waals surface area contributed by atoms with Crippen molar-refractivity contribution in [3.8, 4) is 0 Å². The van der Waals surface area contributed by atoms with E-state index in [0.717, 1.165) is 12.0 Å². The third kappa shape index (κ3) is 2.52. The van der Waals surface area contributed by atoms with Crippen LogP contribution < -0.4 is 5.32 Å². The van der Waals surface area contributed by atoms with Crippen molar-refractivity contribution in [3.63, 3.8) is 0 Å². The molecule has 3 nitrogen and oxygen atoms in total. The van der Waals surface area contributed by atoms with Gasteiger partial charge in [0, 0.05) is 19.6 Å². The summed E-state index contributed by atoms with van der Waals surface area (Å²) in [6.07, 6.45) is -3.56. The van der Waals surface area contributed by atoms with E-state index in [-0.39, 0.29) is 29.9 Å². The Bertz CT molecular complexity index is 661. The second-order valence-corrected chi connectivity index (χ2v) is 6.57. The van der Waals surface area contributed by atoms with E-state index in [1.54, 1.807) is 4.90 Å². The summed E-state index contributed by atoms with van der Waals surface area (Å²) in [4.78, 5) is 14.0. The number of halogens is 4. The Morgan fingerprint density at radius 3 is 2.61 bits per heavy atom. The molecule has 2 fully saturated rings. The quantitative estimate of drug-likeness (QED) is 0.845. The fourth-order valence-corrected chi connectivity index (χ4v) is 3.78. The lowest BCUT2D eigenvalue weighted by molar-refractivity contribution is -0.138. The first kappa shape index (κ1) is 16.6. The standard InChI is InChI=1S/C16H17F3N2O.ClH/c1-8-4-10(8)9-5-11-13-7-20-2-3-21(13)15(22)14(11)12(6-9)16(17,18)19;/h5-6,8,10,13,20H,2-4,7H2,1H3;1H/t8?,10?,13-;/m0./s1. The van der Waals surface area contributed by atoms with E-state index in [1.807, 2.05) is 13.0 Å². The largest absolute Gasteiger partial charge is 0.417 e. The van der Waals surface area contributed by atoms with Gasteiger partial charge < -0.3 is 10.2 Å². The fraction of sp³-hybridized carbons (Fsp3) is 0.562. The third-order valence-corrected chi connectivity index (χ3v) is 5.11. The van der Waals surface area contributed by atoms with Gasteiger partial charge in [0.1, 0.15) is 0 Å². The lowest BCUT2D eigenvalue weighted by Crippen LogP contribution is -2.44. The van der Waals surface area contributed by atoms with Crippen molar-refractivity contribution in [3.05, 3.63) is 34.4 Å². The molecular weight excluding hydrogens is 329 g/mol. The van der Waals surface area contributed by atoms with Crippen molar-refractivity contribution in [2.45, 2.75) is 31.5 Å². The Morgan fingerprint density at radius 2 is 2.00 bits per heavy atom. The number of piperazine rings is 1. The summed E-state index contributed by atoms with van der Waals surface area (Å²) in [6, 6.07) is 2.79. The molecule has 1 aromatic carbocycles. The predicted molar refractivity (Wildman–Crippen MR) is 81.9 cm³/mol. The summed E-state index contributed by atoms with van der Waals surface area (Å²) in [5.74, 6) is 0.160. The van der Waals surface area contributed by atoms with Crippen molar-refractivity contribution in [1.82, 2.24) is 10.2 Å². The lowest BCUT2D eigenvalue weighted by atomic mass is 9.93. The van der Waals surface area contributed by atoms with Gasteiger partial charge in [-0.1, -0.05) is 13.0 Å². The van der Waals surface area contributed by atoms with E-state index in [1.165, 1.54) is 6.07 Å². The molecule has 0 bridgehead atoms. The Balaban J connectivity index is 0.00000156. The topological polar surface area (TPSA) is 32.3 Å². The smallest absolute Gasteiger partial charge is 0.329 e. The van der Waals surface area contributed by atoms with Crippen LogP contribution >= 0.6 is 12.4 Å². The van der Waals surface area contributed by atoms with E-state index >= 15 is 0 Å². The van der Waals surface area contributed by atoms with Gasteiger partial charge in [-0.2, -0.15) is 13.2 Å². The van der Waals surface area contributed by atoms with Crippen LogP contribution in [-0.2, 0) is 6.18 Å². The van der Waals surface area contributed by atoms with Crippen LogP contribution in [-0.4, -0.2) is 30.4 Å². The van der Waals surface area contributed by atoms with Gasteiger partial charge in [-0.05, 0) is 35.4 Å². The third-order valence-electron chi connectivity index (χ3n) is 5.11. The van der Waals surface area contributed by atoms with E-state index in [0.29, 0.717) is 31.1 Å². The van der Waals surface area contributed by atoms with Crippen LogP contribution in [0, 0.1) is 5.92 Å². The van der Waals surface area contributed by atoms with Crippen molar-refractivity contribution in [2.24, 2.45) is 5.92 Å². The maximum atomic E-state index is 13.5. The van der Waals surface area contributed by atoms with Crippen LogP contribution in [0.15, 0.2) is 12.1 Å². The van der Waals surface area contributed by atoms with Gasteiger partial charge in [-0.15, -0.1) is 12.4 Å². The van der Waals surface area contributed by atoms with Crippen molar-refractivity contribution in [2.75, 3.05) is 19.6 Å². The van der Waals surface area contributed by atoms with Crippen molar-refractivity contribution < 1.29 is 18.0 Å². The number of alkyl halides is 3. The minimum Gasteiger partial charge on any atom is -0.329 e. The SMILES string of the molecule is CC1CC1c1cc2c(c(C(F)(F)F)c1)C(=O)N1CCNC[C@@H]21.Cl. The first-order valence-corrected chi connectivity index (χ1v) is 7.64. The minimum atomic E-state index is -4.49. The van der Waals surface area contributed by atoms with Crippen LogP contribution in [0.3, 0.4) is 0 Å². The monoisotopic (exact) mass is 346 g/mol. The van der Waals surface area contributed by atoms with E-state index in [4.69, 9.17) is 0 Å². The highest BCUT2D eigenvalue weighted by molar-refractivity contribution is 6.01. The zero-order chi connectivity index (χ0) is 15.6. The maximum absolute atomic E-state index is 13.5. The molecule has 0 aromatic heterocycles. The Morgan fingerprint density at radius 1 is 1.30 bits per heavy atom. The van der Waals surface area contributed by atoms with Crippen LogP contribution in [0.1, 0.15) is 52.4 Å². The zero-order valence-corrected chi connectivity index (χ0v) is 13.4. The second-order valence-electron chi connectivity index (χ2n) is 6.57. The highest BCUT2D eigenvalue weighted by atomic mass is 35.5. The van der Waals surface area contributed by atoms with Gasteiger partial charge >= 0.3 is 6.18 Å². The molecule has 0 spiro atoms. The lowest BCUT2D eigenvalue weighted by Gasteiger charge is -2.30. The number of hydrogen-bond acceptors (Lipinski definition) is 2. The van der Waals surface area contributed by atoms with Gasteiger partial charge in [0.2, 0.25) is 0 Å². The molecule has 0 radical (unpaired) electrons. The van der Waals surface area contributed by atoms with Gasteiger partial charge in [-0.25, -0.2) is 0 Å². The molecule has 4 rings (SSSR count). The number of amides is 1. The number of nitrogens with zero attached hydrogens (tertiary/aromatic N) is 1. The number of nitrogens with one attached hydrogen (secondary N) is 1. The Hall–Kier alpha value is -1.27. The molecule has 2 unspecified atom stereocenters. The molecule has 1 N–H and O–H groups in total. The van der Waals surface area contributed by atoms with Crippen LogP contribution in [0.25, 0.3) is 0 Å². The van der Waals surface area contributed by atoms with Gasteiger partial charge in [-0.3, -0.25) is 4.79 Å². The summed E-state index contributed by atoms with van der Waals surface area (Å²) in [7, 11) is 0. The van der Waals surface area contributed by atoms with E-state index < -0.39 is 17.6 Å².